The molecule has 0 amide bonds. The van der Waals surface area contributed by atoms with Crippen LogP contribution in [0, 0.1) is 11.8 Å². The lowest BCUT2D eigenvalue weighted by molar-refractivity contribution is -0.140. The Hall–Kier alpha value is -0.570. The zero-order chi connectivity index (χ0) is 28.9. The number of hydrogen-bond acceptors (Lipinski definition) is 2. The molecular weight excluding hydrogens is 490 g/mol. The van der Waals surface area contributed by atoms with Crippen molar-refractivity contribution < 1.29 is 9.90 Å². The van der Waals surface area contributed by atoms with Gasteiger partial charge < -0.3 is 10.4 Å². The highest BCUT2D eigenvalue weighted by molar-refractivity contribution is 5.74. The summed E-state index contributed by atoms with van der Waals surface area (Å²) >= 11 is 0. The molecule has 0 radical (unpaired) electrons. The number of aliphatic carboxylic acids is 1. The van der Waals surface area contributed by atoms with Gasteiger partial charge in [-0.2, -0.15) is 0 Å². The maximum absolute atomic E-state index is 11.8. The minimum atomic E-state index is -0.626. The highest BCUT2D eigenvalue weighted by Crippen LogP contribution is 2.32. The van der Waals surface area contributed by atoms with Gasteiger partial charge in [-0.15, -0.1) is 0 Å². The Balaban J connectivity index is 2.00. The summed E-state index contributed by atoms with van der Waals surface area (Å²) in [5.41, 5.74) is 0. The van der Waals surface area contributed by atoms with E-state index in [1.807, 2.05) is 0 Å². The standard InChI is InChI=1S/C37H73NO2/c1-3-5-7-9-11-13-15-17-19-21-23-25-27-29-31-34-33-38-36(37(39)40)35(34)32-30-28-26-24-22-20-18-16-14-12-10-8-6-4-2/h34-36,38H,3-33H2,1-2H3,(H,39,40). The largest absolute Gasteiger partial charge is 0.480 e. The molecule has 238 valence electrons. The van der Waals surface area contributed by atoms with E-state index in [-0.39, 0.29) is 6.04 Å². The average molecular weight is 564 g/mol. The number of carboxylic acid groups (broad SMARTS) is 1. The van der Waals surface area contributed by atoms with Gasteiger partial charge in [-0.05, 0) is 31.2 Å². The van der Waals surface area contributed by atoms with Crippen LogP contribution >= 0.6 is 0 Å². The van der Waals surface area contributed by atoms with E-state index in [1.165, 1.54) is 186 Å². The van der Waals surface area contributed by atoms with Gasteiger partial charge in [-0.25, -0.2) is 0 Å². The van der Waals surface area contributed by atoms with Gasteiger partial charge in [0.05, 0.1) is 0 Å². The second-order valence-corrected chi connectivity index (χ2v) is 13.4. The van der Waals surface area contributed by atoms with E-state index in [0.29, 0.717) is 11.8 Å². The summed E-state index contributed by atoms with van der Waals surface area (Å²) in [6.07, 6.45) is 41.2. The molecule has 3 atom stereocenters. The molecule has 1 aliphatic rings. The zero-order valence-electron chi connectivity index (χ0n) is 27.5. The molecule has 0 bridgehead atoms. The number of rotatable bonds is 31. The predicted molar refractivity (Wildman–Crippen MR) is 176 cm³/mol. The second kappa shape index (κ2) is 28.5. The molecule has 40 heavy (non-hydrogen) atoms. The summed E-state index contributed by atoms with van der Waals surface area (Å²) in [4.78, 5) is 11.8. The summed E-state index contributed by atoms with van der Waals surface area (Å²) in [7, 11) is 0. The molecule has 0 spiro atoms. The first-order valence-corrected chi connectivity index (χ1v) is 18.7. The Morgan fingerprint density at radius 1 is 0.500 bits per heavy atom. The van der Waals surface area contributed by atoms with E-state index in [9.17, 15) is 9.90 Å². The van der Waals surface area contributed by atoms with Gasteiger partial charge in [0.1, 0.15) is 6.04 Å². The fourth-order valence-electron chi connectivity index (χ4n) is 7.02. The van der Waals surface area contributed by atoms with Crippen LogP contribution in [0.5, 0.6) is 0 Å². The average Bonchev–Trinajstić information content (AvgIpc) is 3.36. The molecule has 1 saturated heterocycles. The maximum Gasteiger partial charge on any atom is 0.320 e. The van der Waals surface area contributed by atoms with Gasteiger partial charge in [0, 0.05) is 0 Å². The first-order chi connectivity index (χ1) is 19.7. The number of hydrogen-bond donors (Lipinski definition) is 2. The molecule has 3 nitrogen and oxygen atoms in total. The summed E-state index contributed by atoms with van der Waals surface area (Å²) < 4.78 is 0. The minimum absolute atomic E-state index is 0.307. The van der Waals surface area contributed by atoms with Crippen molar-refractivity contribution in [2.24, 2.45) is 11.8 Å². The Bertz CT molecular complexity index is 536. The first-order valence-electron chi connectivity index (χ1n) is 18.7. The highest BCUT2D eigenvalue weighted by atomic mass is 16.4. The number of carboxylic acids is 1. The summed E-state index contributed by atoms with van der Waals surface area (Å²) in [5.74, 6) is 0.288. The Labute approximate surface area is 251 Å². The molecule has 1 heterocycles. The van der Waals surface area contributed by atoms with Crippen LogP contribution < -0.4 is 5.32 Å². The third kappa shape index (κ3) is 21.2. The molecule has 0 aliphatic carbocycles. The molecule has 1 aliphatic heterocycles. The Morgan fingerprint density at radius 2 is 0.800 bits per heavy atom. The van der Waals surface area contributed by atoms with E-state index in [1.54, 1.807) is 0 Å². The van der Waals surface area contributed by atoms with Crippen LogP contribution in [-0.4, -0.2) is 23.7 Å². The Kier molecular flexibility index (Phi) is 26.7. The highest BCUT2D eigenvalue weighted by Gasteiger charge is 2.38. The third-order valence-electron chi connectivity index (χ3n) is 9.72. The minimum Gasteiger partial charge on any atom is -0.480 e. The van der Waals surface area contributed by atoms with Crippen LogP contribution in [0.15, 0.2) is 0 Å². The molecule has 3 heteroatoms. The molecule has 0 aromatic rings. The smallest absolute Gasteiger partial charge is 0.320 e. The quantitative estimate of drug-likeness (QED) is 0.0824. The van der Waals surface area contributed by atoms with Crippen LogP contribution in [-0.2, 0) is 4.79 Å². The summed E-state index contributed by atoms with van der Waals surface area (Å²) in [6, 6.07) is -0.307. The monoisotopic (exact) mass is 564 g/mol. The van der Waals surface area contributed by atoms with Gasteiger partial charge in [-0.1, -0.05) is 194 Å². The first kappa shape index (κ1) is 37.5. The van der Waals surface area contributed by atoms with Crippen molar-refractivity contribution in [3.8, 4) is 0 Å². The van der Waals surface area contributed by atoms with Crippen molar-refractivity contribution in [2.75, 3.05) is 6.54 Å². The summed E-state index contributed by atoms with van der Waals surface area (Å²) in [6.45, 7) is 5.50. The molecule has 1 fully saturated rings. The molecular formula is C37H73NO2. The zero-order valence-corrected chi connectivity index (χ0v) is 27.5. The maximum atomic E-state index is 11.8. The summed E-state index contributed by atoms with van der Waals surface area (Å²) in [5, 5.41) is 13.1. The third-order valence-corrected chi connectivity index (χ3v) is 9.72. The van der Waals surface area contributed by atoms with E-state index in [4.69, 9.17) is 0 Å². The van der Waals surface area contributed by atoms with E-state index >= 15 is 0 Å². The predicted octanol–water partition coefficient (Wildman–Crippen LogP) is 12.0. The molecule has 0 saturated carbocycles. The van der Waals surface area contributed by atoms with E-state index < -0.39 is 5.97 Å². The molecule has 1 rings (SSSR count). The topological polar surface area (TPSA) is 49.3 Å². The van der Waals surface area contributed by atoms with Gasteiger partial charge in [0.2, 0.25) is 0 Å². The van der Waals surface area contributed by atoms with Crippen LogP contribution in [0.2, 0.25) is 0 Å². The lowest BCUT2D eigenvalue weighted by atomic mass is 9.83. The SMILES string of the molecule is CCCCCCCCCCCCCCCCC1CNC(C(=O)O)C1CCCCCCCCCCCCCCCC. The number of unbranched alkanes of at least 4 members (excludes halogenated alkanes) is 26. The molecule has 2 N–H and O–H groups in total. The molecule has 3 unspecified atom stereocenters. The van der Waals surface area contributed by atoms with Crippen LogP contribution in [0.1, 0.15) is 206 Å². The molecule has 0 aromatic carbocycles. The van der Waals surface area contributed by atoms with Gasteiger partial charge in [0.25, 0.3) is 0 Å². The van der Waals surface area contributed by atoms with Crippen molar-refractivity contribution >= 4 is 5.97 Å². The van der Waals surface area contributed by atoms with E-state index in [2.05, 4.69) is 19.2 Å². The molecule has 0 aromatic heterocycles. The lowest BCUT2D eigenvalue weighted by Crippen LogP contribution is -2.35. The normalized spacial score (nSPS) is 19.0. The lowest BCUT2D eigenvalue weighted by Gasteiger charge is -2.22. The van der Waals surface area contributed by atoms with Crippen molar-refractivity contribution in [1.29, 1.82) is 0 Å². The number of carbonyl (C=O) groups is 1. The fourth-order valence-corrected chi connectivity index (χ4v) is 7.02. The second-order valence-electron chi connectivity index (χ2n) is 13.4. The fraction of sp³-hybridized carbons (Fsp3) is 0.973. The van der Waals surface area contributed by atoms with Crippen LogP contribution in [0.25, 0.3) is 0 Å². The van der Waals surface area contributed by atoms with E-state index in [0.717, 1.165) is 13.0 Å². The van der Waals surface area contributed by atoms with Crippen molar-refractivity contribution in [3.05, 3.63) is 0 Å². The van der Waals surface area contributed by atoms with Crippen molar-refractivity contribution in [3.63, 3.8) is 0 Å². The van der Waals surface area contributed by atoms with Gasteiger partial charge >= 0.3 is 5.97 Å². The number of nitrogens with one attached hydrogen (secondary N) is 1. The van der Waals surface area contributed by atoms with Crippen molar-refractivity contribution in [2.45, 2.75) is 213 Å². The van der Waals surface area contributed by atoms with Gasteiger partial charge in [-0.3, -0.25) is 4.79 Å². The van der Waals surface area contributed by atoms with Crippen LogP contribution in [0.3, 0.4) is 0 Å². The van der Waals surface area contributed by atoms with Crippen molar-refractivity contribution in [1.82, 2.24) is 5.32 Å². The van der Waals surface area contributed by atoms with Crippen LogP contribution in [0.4, 0.5) is 0 Å². The van der Waals surface area contributed by atoms with Gasteiger partial charge in [0.15, 0.2) is 0 Å². The Morgan fingerprint density at radius 3 is 1.12 bits per heavy atom.